The molecule has 3 heterocycles. The van der Waals surface area contributed by atoms with E-state index in [0.29, 0.717) is 0 Å². The molecule has 24 heavy (non-hydrogen) atoms. The lowest BCUT2D eigenvalue weighted by Gasteiger charge is -2.36. The Morgan fingerprint density at radius 3 is 2.54 bits per heavy atom. The van der Waals surface area contributed by atoms with Gasteiger partial charge in [-0.25, -0.2) is 9.97 Å². The molecule has 0 bridgehead atoms. The highest BCUT2D eigenvalue weighted by atomic mass is 79.9. The highest BCUT2D eigenvalue weighted by Gasteiger charge is 2.26. The maximum atomic E-state index is 5.87. The third-order valence-electron chi connectivity index (χ3n) is 4.22. The number of thiophene rings is 1. The van der Waals surface area contributed by atoms with Crippen molar-refractivity contribution in [2.45, 2.75) is 26.1 Å². The van der Waals surface area contributed by atoms with Crippen LogP contribution in [-0.4, -0.2) is 35.3 Å². The van der Waals surface area contributed by atoms with Gasteiger partial charge in [-0.1, -0.05) is 28.1 Å². The molecule has 1 aliphatic rings. The van der Waals surface area contributed by atoms with Crippen molar-refractivity contribution in [1.82, 2.24) is 9.97 Å². The Labute approximate surface area is 153 Å². The number of fused-ring (bicyclic) bond motifs is 1. The van der Waals surface area contributed by atoms with Crippen LogP contribution in [0.15, 0.2) is 40.4 Å². The van der Waals surface area contributed by atoms with E-state index in [1.165, 1.54) is 11.1 Å². The molecule has 1 aliphatic heterocycles. The number of rotatable bonds is 2. The normalized spacial score (nSPS) is 21.4. The lowest BCUT2D eigenvalue weighted by molar-refractivity contribution is -0.00537. The first-order chi connectivity index (χ1) is 11.6. The molecule has 0 amide bonds. The topological polar surface area (TPSA) is 38.2 Å². The summed E-state index contributed by atoms with van der Waals surface area (Å²) in [4.78, 5) is 12.5. The predicted octanol–water partition coefficient (Wildman–Crippen LogP) is 4.73. The van der Waals surface area contributed by atoms with Crippen molar-refractivity contribution >= 4 is 43.3 Å². The first kappa shape index (κ1) is 16.0. The van der Waals surface area contributed by atoms with E-state index in [1.807, 2.05) is 0 Å². The van der Waals surface area contributed by atoms with Crippen molar-refractivity contribution in [3.63, 3.8) is 0 Å². The molecule has 0 spiro atoms. The zero-order chi connectivity index (χ0) is 16.7. The Morgan fingerprint density at radius 2 is 1.83 bits per heavy atom. The summed E-state index contributed by atoms with van der Waals surface area (Å²) < 4.78 is 6.95. The van der Waals surface area contributed by atoms with Gasteiger partial charge in [-0.3, -0.25) is 0 Å². The first-order valence-electron chi connectivity index (χ1n) is 8.00. The summed E-state index contributed by atoms with van der Waals surface area (Å²) >= 11 is 5.18. The van der Waals surface area contributed by atoms with Crippen LogP contribution in [0.1, 0.15) is 13.8 Å². The Balaban J connectivity index is 1.84. The second kappa shape index (κ2) is 6.43. The summed E-state index contributed by atoms with van der Waals surface area (Å²) in [5, 5.41) is 3.32. The van der Waals surface area contributed by atoms with E-state index >= 15 is 0 Å². The van der Waals surface area contributed by atoms with Gasteiger partial charge in [-0.05, 0) is 31.5 Å². The molecule has 3 aromatic rings. The Bertz CT molecular complexity index is 854. The summed E-state index contributed by atoms with van der Waals surface area (Å²) in [6, 6.07) is 8.40. The van der Waals surface area contributed by atoms with Crippen LogP contribution in [0.5, 0.6) is 0 Å². The molecule has 1 saturated heterocycles. The van der Waals surface area contributed by atoms with Crippen LogP contribution in [0.25, 0.3) is 21.3 Å². The fourth-order valence-corrected chi connectivity index (χ4v) is 4.47. The number of hydrogen-bond acceptors (Lipinski definition) is 5. The van der Waals surface area contributed by atoms with Crippen molar-refractivity contribution in [3.05, 3.63) is 40.4 Å². The molecule has 4 nitrogen and oxygen atoms in total. The average molecular weight is 404 g/mol. The van der Waals surface area contributed by atoms with Crippen molar-refractivity contribution in [2.75, 3.05) is 18.0 Å². The van der Waals surface area contributed by atoms with Crippen LogP contribution in [0.4, 0.5) is 5.82 Å². The highest BCUT2D eigenvalue weighted by molar-refractivity contribution is 9.10. The smallest absolute Gasteiger partial charge is 0.141 e. The van der Waals surface area contributed by atoms with Crippen molar-refractivity contribution in [2.24, 2.45) is 0 Å². The molecule has 0 radical (unpaired) electrons. The Hall–Kier alpha value is -1.50. The number of anilines is 1. The Morgan fingerprint density at radius 1 is 1.12 bits per heavy atom. The maximum absolute atomic E-state index is 5.87. The molecule has 6 heteroatoms. The maximum Gasteiger partial charge on any atom is 0.141 e. The van der Waals surface area contributed by atoms with Gasteiger partial charge >= 0.3 is 0 Å². The van der Waals surface area contributed by atoms with Gasteiger partial charge in [0, 0.05) is 28.5 Å². The molecule has 2 aromatic heterocycles. The van der Waals surface area contributed by atoms with Gasteiger partial charge in [0.05, 0.1) is 17.6 Å². The third kappa shape index (κ3) is 2.94. The largest absolute Gasteiger partial charge is 0.372 e. The van der Waals surface area contributed by atoms with Crippen LogP contribution in [0.3, 0.4) is 0 Å². The number of nitrogens with zero attached hydrogens (tertiary/aromatic N) is 3. The summed E-state index contributed by atoms with van der Waals surface area (Å²) in [6.45, 7) is 5.94. The SMILES string of the molecule is CC1CN(c2ncnc3scc(-c4ccc(Br)cc4)c23)CC(C)O1. The number of aromatic nitrogens is 2. The van der Waals surface area contributed by atoms with Crippen LogP contribution in [-0.2, 0) is 4.74 Å². The highest BCUT2D eigenvalue weighted by Crippen LogP contribution is 2.38. The van der Waals surface area contributed by atoms with Crippen molar-refractivity contribution in [3.8, 4) is 11.1 Å². The summed E-state index contributed by atoms with van der Waals surface area (Å²) in [5.41, 5.74) is 2.39. The monoisotopic (exact) mass is 403 g/mol. The van der Waals surface area contributed by atoms with Gasteiger partial charge in [0.1, 0.15) is 17.0 Å². The summed E-state index contributed by atoms with van der Waals surface area (Å²) in [7, 11) is 0. The van der Waals surface area contributed by atoms with E-state index in [2.05, 4.69) is 74.3 Å². The van der Waals surface area contributed by atoms with Gasteiger partial charge in [-0.15, -0.1) is 11.3 Å². The zero-order valence-electron chi connectivity index (χ0n) is 13.6. The van der Waals surface area contributed by atoms with Gasteiger partial charge in [0.25, 0.3) is 0 Å². The lowest BCUT2D eigenvalue weighted by Crippen LogP contribution is -2.45. The molecule has 0 aliphatic carbocycles. The van der Waals surface area contributed by atoms with E-state index < -0.39 is 0 Å². The van der Waals surface area contributed by atoms with Crippen LogP contribution in [0.2, 0.25) is 0 Å². The quantitative estimate of drug-likeness (QED) is 0.619. The van der Waals surface area contributed by atoms with Gasteiger partial charge in [0.15, 0.2) is 0 Å². The molecular formula is C18H18BrN3OS. The first-order valence-corrected chi connectivity index (χ1v) is 9.67. The van der Waals surface area contributed by atoms with E-state index in [0.717, 1.165) is 33.6 Å². The third-order valence-corrected chi connectivity index (χ3v) is 5.64. The molecule has 1 aromatic carbocycles. The predicted molar refractivity (Wildman–Crippen MR) is 103 cm³/mol. The minimum Gasteiger partial charge on any atom is -0.372 e. The second-order valence-electron chi connectivity index (χ2n) is 6.20. The molecule has 1 fully saturated rings. The summed E-state index contributed by atoms with van der Waals surface area (Å²) in [6.07, 6.45) is 2.08. The molecule has 4 rings (SSSR count). The average Bonchev–Trinajstić information content (AvgIpc) is 2.99. The molecule has 0 saturated carbocycles. The van der Waals surface area contributed by atoms with E-state index in [-0.39, 0.29) is 12.2 Å². The number of morpholine rings is 1. The standard InChI is InChI=1S/C18H18BrN3OS/c1-11-7-22(8-12(2)23-11)17-16-15(9-24-18(16)21-10-20-17)13-3-5-14(19)6-4-13/h3-6,9-12H,7-8H2,1-2H3. The van der Waals surface area contributed by atoms with Gasteiger partial charge < -0.3 is 9.64 Å². The molecule has 0 N–H and O–H groups in total. The van der Waals surface area contributed by atoms with Crippen LogP contribution in [0, 0.1) is 0 Å². The minimum absolute atomic E-state index is 0.202. The van der Waals surface area contributed by atoms with Gasteiger partial charge in [0.2, 0.25) is 0 Å². The van der Waals surface area contributed by atoms with Crippen molar-refractivity contribution in [1.29, 1.82) is 0 Å². The molecule has 124 valence electrons. The molecular weight excluding hydrogens is 386 g/mol. The van der Waals surface area contributed by atoms with Crippen molar-refractivity contribution < 1.29 is 4.74 Å². The zero-order valence-corrected chi connectivity index (χ0v) is 16.0. The number of halogens is 1. The number of ether oxygens (including phenoxy) is 1. The fraction of sp³-hybridized carbons (Fsp3) is 0.333. The van der Waals surface area contributed by atoms with Gasteiger partial charge in [-0.2, -0.15) is 0 Å². The second-order valence-corrected chi connectivity index (χ2v) is 7.97. The minimum atomic E-state index is 0.202. The summed E-state index contributed by atoms with van der Waals surface area (Å²) in [5.74, 6) is 1.01. The molecule has 2 atom stereocenters. The van der Waals surface area contributed by atoms with E-state index in [4.69, 9.17) is 4.74 Å². The van der Waals surface area contributed by atoms with E-state index in [1.54, 1.807) is 17.7 Å². The van der Waals surface area contributed by atoms with Crippen LogP contribution < -0.4 is 4.90 Å². The molecule has 2 unspecified atom stereocenters. The number of hydrogen-bond donors (Lipinski definition) is 0. The van der Waals surface area contributed by atoms with E-state index in [9.17, 15) is 0 Å². The van der Waals surface area contributed by atoms with Crippen LogP contribution >= 0.6 is 27.3 Å². The fourth-order valence-electron chi connectivity index (χ4n) is 3.29. The Kier molecular flexibility index (Phi) is 4.28. The number of benzene rings is 1. The lowest BCUT2D eigenvalue weighted by atomic mass is 10.1.